The first kappa shape index (κ1) is 23.9. The minimum Gasteiger partial charge on any atom is -0.324 e. The van der Waals surface area contributed by atoms with E-state index in [1.54, 1.807) is 12.1 Å². The minimum absolute atomic E-state index is 0.149. The first-order chi connectivity index (χ1) is 16.4. The van der Waals surface area contributed by atoms with Crippen LogP contribution in [0.1, 0.15) is 24.5 Å². The fourth-order valence-electron chi connectivity index (χ4n) is 3.40. The summed E-state index contributed by atoms with van der Waals surface area (Å²) < 4.78 is 0. The zero-order valence-corrected chi connectivity index (χ0v) is 20.8. The molecule has 172 valence electrons. The Morgan fingerprint density at radius 3 is 2.06 bits per heavy atom. The van der Waals surface area contributed by atoms with Crippen molar-refractivity contribution in [3.63, 3.8) is 0 Å². The lowest BCUT2D eigenvalue weighted by atomic mass is 10.0. The fraction of sp³-hybridized carbons (Fsp3) is 0.185. The molecule has 0 aliphatic heterocycles. The molecule has 5 nitrogen and oxygen atoms in total. The van der Waals surface area contributed by atoms with Crippen LogP contribution in [0.15, 0.2) is 78.0 Å². The Bertz CT molecular complexity index is 1290. The summed E-state index contributed by atoms with van der Waals surface area (Å²) in [6, 6.07) is 23.5. The second-order valence-electron chi connectivity index (χ2n) is 8.01. The number of nitrogens with one attached hydrogen (secondary N) is 1. The molecule has 1 aromatic heterocycles. The number of aromatic nitrogens is 3. The molecule has 0 radical (unpaired) electrons. The van der Waals surface area contributed by atoms with E-state index < -0.39 is 5.25 Å². The summed E-state index contributed by atoms with van der Waals surface area (Å²) in [5.74, 6) is -0.149. The standard InChI is InChI=1S/C27H25ClN4OS/c1-4-23(26(33)29-22-8-6-5-7-21(22)28)34-27-30-24(19-13-9-17(2)10-14-19)25(31-32-27)20-15-11-18(3)12-16-20/h5-16,23H,4H2,1-3H3,(H,29,33)/t23-/m1/s1. The van der Waals surface area contributed by atoms with Crippen molar-refractivity contribution in [2.75, 3.05) is 5.32 Å². The van der Waals surface area contributed by atoms with Crippen LogP contribution in [-0.2, 0) is 4.79 Å². The SMILES string of the molecule is CC[C@@H](Sc1nnc(-c2ccc(C)cc2)c(-c2ccc(C)cc2)n1)C(=O)Nc1ccccc1Cl. The lowest BCUT2D eigenvalue weighted by Gasteiger charge is -2.15. The molecular weight excluding hydrogens is 464 g/mol. The number of nitrogens with zero attached hydrogens (tertiary/aromatic N) is 3. The van der Waals surface area contributed by atoms with Crippen LogP contribution >= 0.6 is 23.4 Å². The van der Waals surface area contributed by atoms with E-state index in [9.17, 15) is 4.79 Å². The monoisotopic (exact) mass is 488 g/mol. The summed E-state index contributed by atoms with van der Waals surface area (Å²) in [5, 5.41) is 12.4. The molecule has 0 spiro atoms. The average molecular weight is 489 g/mol. The zero-order valence-electron chi connectivity index (χ0n) is 19.2. The van der Waals surface area contributed by atoms with Gasteiger partial charge in [-0.1, -0.05) is 102 Å². The predicted octanol–water partition coefficient (Wildman–Crippen LogP) is 6.99. The molecular formula is C27H25ClN4OS. The highest BCUT2D eigenvalue weighted by atomic mass is 35.5. The number of amides is 1. The third-order valence-electron chi connectivity index (χ3n) is 5.36. The summed E-state index contributed by atoms with van der Waals surface area (Å²) >= 11 is 7.51. The Labute approximate surface area is 209 Å². The van der Waals surface area contributed by atoms with Crippen LogP contribution in [0.5, 0.6) is 0 Å². The van der Waals surface area contributed by atoms with Gasteiger partial charge in [0.1, 0.15) is 11.4 Å². The maximum atomic E-state index is 12.9. The van der Waals surface area contributed by atoms with E-state index >= 15 is 0 Å². The number of para-hydroxylation sites is 1. The van der Waals surface area contributed by atoms with E-state index in [1.807, 2.05) is 69.3 Å². The minimum atomic E-state index is -0.394. The molecule has 3 aromatic carbocycles. The van der Waals surface area contributed by atoms with Gasteiger partial charge in [-0.2, -0.15) is 0 Å². The molecule has 1 heterocycles. The quantitative estimate of drug-likeness (QED) is 0.284. The molecule has 0 fully saturated rings. The van der Waals surface area contributed by atoms with Gasteiger partial charge in [0.05, 0.1) is 16.0 Å². The maximum absolute atomic E-state index is 12.9. The summed E-state index contributed by atoms with van der Waals surface area (Å²) in [5.41, 5.74) is 6.27. The van der Waals surface area contributed by atoms with Crippen LogP contribution in [-0.4, -0.2) is 26.3 Å². The molecule has 0 unspecified atom stereocenters. The van der Waals surface area contributed by atoms with Gasteiger partial charge < -0.3 is 5.32 Å². The number of benzene rings is 3. The Hall–Kier alpha value is -3.22. The van der Waals surface area contributed by atoms with Crippen molar-refractivity contribution in [2.24, 2.45) is 0 Å². The molecule has 1 amide bonds. The number of aryl methyl sites for hydroxylation is 2. The van der Waals surface area contributed by atoms with E-state index in [-0.39, 0.29) is 5.91 Å². The topological polar surface area (TPSA) is 67.8 Å². The van der Waals surface area contributed by atoms with E-state index in [0.717, 1.165) is 16.8 Å². The van der Waals surface area contributed by atoms with Crippen LogP contribution in [0.3, 0.4) is 0 Å². The van der Waals surface area contributed by atoms with Gasteiger partial charge in [-0.25, -0.2) is 4.98 Å². The largest absolute Gasteiger partial charge is 0.324 e. The average Bonchev–Trinajstić information content (AvgIpc) is 2.85. The van der Waals surface area contributed by atoms with Crippen LogP contribution in [0.25, 0.3) is 22.5 Å². The molecule has 1 N–H and O–H groups in total. The van der Waals surface area contributed by atoms with Gasteiger partial charge in [0.15, 0.2) is 0 Å². The molecule has 0 aliphatic carbocycles. The zero-order chi connectivity index (χ0) is 24.1. The Kier molecular flexibility index (Phi) is 7.60. The van der Waals surface area contributed by atoms with Crippen LogP contribution < -0.4 is 5.32 Å². The Morgan fingerprint density at radius 1 is 0.882 bits per heavy atom. The third kappa shape index (κ3) is 5.64. The Morgan fingerprint density at radius 2 is 1.47 bits per heavy atom. The summed E-state index contributed by atoms with van der Waals surface area (Å²) in [4.78, 5) is 17.8. The van der Waals surface area contributed by atoms with Gasteiger partial charge in [-0.05, 0) is 32.4 Å². The molecule has 0 bridgehead atoms. The number of carbonyl (C=O) groups is 1. The number of hydrogen-bond acceptors (Lipinski definition) is 5. The van der Waals surface area contributed by atoms with Gasteiger partial charge in [-0.15, -0.1) is 10.2 Å². The molecule has 34 heavy (non-hydrogen) atoms. The van der Waals surface area contributed by atoms with Gasteiger partial charge in [0.25, 0.3) is 0 Å². The van der Waals surface area contributed by atoms with Crippen LogP contribution in [0.2, 0.25) is 5.02 Å². The molecule has 7 heteroatoms. The van der Waals surface area contributed by atoms with Gasteiger partial charge in [0.2, 0.25) is 11.1 Å². The summed E-state index contributed by atoms with van der Waals surface area (Å²) in [6.07, 6.45) is 0.601. The van der Waals surface area contributed by atoms with Crippen molar-refractivity contribution >= 4 is 35.0 Å². The molecule has 0 aliphatic rings. The van der Waals surface area contributed by atoms with Crippen LogP contribution in [0, 0.1) is 13.8 Å². The van der Waals surface area contributed by atoms with Gasteiger partial charge >= 0.3 is 0 Å². The highest BCUT2D eigenvalue weighted by molar-refractivity contribution is 8.00. The van der Waals surface area contributed by atoms with Crippen molar-refractivity contribution in [3.8, 4) is 22.5 Å². The maximum Gasteiger partial charge on any atom is 0.238 e. The van der Waals surface area contributed by atoms with Gasteiger partial charge in [-0.3, -0.25) is 4.79 Å². The molecule has 1 atom stereocenters. The predicted molar refractivity (Wildman–Crippen MR) is 140 cm³/mol. The number of carbonyl (C=O) groups excluding carboxylic acids is 1. The number of rotatable bonds is 7. The molecule has 4 rings (SSSR count). The number of halogens is 1. The highest BCUT2D eigenvalue weighted by Crippen LogP contribution is 2.32. The number of thioether (sulfide) groups is 1. The normalized spacial score (nSPS) is 11.8. The van der Waals surface area contributed by atoms with E-state index in [1.165, 1.54) is 22.9 Å². The van der Waals surface area contributed by atoms with E-state index in [4.69, 9.17) is 16.6 Å². The lowest BCUT2D eigenvalue weighted by Crippen LogP contribution is -2.25. The highest BCUT2D eigenvalue weighted by Gasteiger charge is 2.22. The molecule has 0 saturated heterocycles. The smallest absolute Gasteiger partial charge is 0.238 e. The van der Waals surface area contributed by atoms with Crippen molar-refractivity contribution in [3.05, 3.63) is 88.9 Å². The first-order valence-electron chi connectivity index (χ1n) is 11.1. The first-order valence-corrected chi connectivity index (χ1v) is 12.3. The van der Waals surface area contributed by atoms with Crippen molar-refractivity contribution in [1.29, 1.82) is 0 Å². The molecule has 4 aromatic rings. The van der Waals surface area contributed by atoms with Gasteiger partial charge in [0, 0.05) is 11.1 Å². The van der Waals surface area contributed by atoms with Crippen molar-refractivity contribution in [1.82, 2.24) is 15.2 Å². The van der Waals surface area contributed by atoms with Crippen LogP contribution in [0.4, 0.5) is 5.69 Å². The van der Waals surface area contributed by atoms with E-state index in [2.05, 4.69) is 27.6 Å². The molecule has 0 saturated carbocycles. The summed E-state index contributed by atoms with van der Waals surface area (Å²) in [7, 11) is 0. The number of hydrogen-bond donors (Lipinski definition) is 1. The van der Waals surface area contributed by atoms with Crippen molar-refractivity contribution in [2.45, 2.75) is 37.6 Å². The summed E-state index contributed by atoms with van der Waals surface area (Å²) in [6.45, 7) is 6.05. The Balaban J connectivity index is 1.65. The van der Waals surface area contributed by atoms with Crippen molar-refractivity contribution < 1.29 is 4.79 Å². The number of anilines is 1. The lowest BCUT2D eigenvalue weighted by molar-refractivity contribution is -0.115. The second-order valence-corrected chi connectivity index (χ2v) is 9.58. The second kappa shape index (κ2) is 10.8. The third-order valence-corrected chi connectivity index (χ3v) is 6.91. The fourth-order valence-corrected chi connectivity index (χ4v) is 4.41. The van der Waals surface area contributed by atoms with E-state index in [0.29, 0.717) is 28.0 Å².